The minimum atomic E-state index is -0.735. The Bertz CT molecular complexity index is 173. The van der Waals surface area contributed by atoms with Gasteiger partial charge in [0.25, 0.3) is 0 Å². The van der Waals surface area contributed by atoms with Gasteiger partial charge in [0.1, 0.15) is 6.04 Å². The van der Waals surface area contributed by atoms with Crippen molar-refractivity contribution in [2.45, 2.75) is 45.1 Å². The fourth-order valence-corrected chi connectivity index (χ4v) is 1.61. The summed E-state index contributed by atoms with van der Waals surface area (Å²) in [5, 5.41) is 17.6. The SMILES string of the molecule is CCCC(C(=O)O)N(C)CCCCCO. The highest BCUT2D eigenvalue weighted by molar-refractivity contribution is 5.73. The maximum Gasteiger partial charge on any atom is 0.320 e. The van der Waals surface area contributed by atoms with Crippen molar-refractivity contribution in [1.29, 1.82) is 0 Å². The number of rotatable bonds is 9. The molecule has 0 aliphatic rings. The molecule has 0 aromatic rings. The molecule has 4 nitrogen and oxygen atoms in total. The second-order valence-corrected chi connectivity index (χ2v) is 3.91. The van der Waals surface area contributed by atoms with Gasteiger partial charge in [0, 0.05) is 6.61 Å². The van der Waals surface area contributed by atoms with E-state index in [-0.39, 0.29) is 12.6 Å². The number of carboxylic acid groups (broad SMARTS) is 1. The zero-order chi connectivity index (χ0) is 11.7. The van der Waals surface area contributed by atoms with Gasteiger partial charge in [-0.05, 0) is 39.3 Å². The third-order valence-corrected chi connectivity index (χ3v) is 2.55. The van der Waals surface area contributed by atoms with E-state index < -0.39 is 5.97 Å². The minimum Gasteiger partial charge on any atom is -0.480 e. The highest BCUT2D eigenvalue weighted by Gasteiger charge is 2.20. The summed E-state index contributed by atoms with van der Waals surface area (Å²) >= 11 is 0. The van der Waals surface area contributed by atoms with Crippen LogP contribution in [0, 0.1) is 0 Å². The molecule has 0 rings (SSSR count). The molecule has 1 unspecified atom stereocenters. The van der Waals surface area contributed by atoms with Crippen LogP contribution in [-0.4, -0.2) is 47.3 Å². The summed E-state index contributed by atoms with van der Waals surface area (Å²) in [5.74, 6) is -0.735. The number of aliphatic hydroxyl groups is 1. The largest absolute Gasteiger partial charge is 0.480 e. The quantitative estimate of drug-likeness (QED) is 0.572. The lowest BCUT2D eigenvalue weighted by Gasteiger charge is -2.24. The molecular weight excluding hydrogens is 194 g/mol. The number of hydrogen-bond acceptors (Lipinski definition) is 3. The molecule has 0 aromatic heterocycles. The monoisotopic (exact) mass is 217 g/mol. The number of hydrogen-bond donors (Lipinski definition) is 2. The average Bonchev–Trinajstić information content (AvgIpc) is 2.20. The molecule has 0 heterocycles. The Morgan fingerprint density at radius 3 is 2.47 bits per heavy atom. The van der Waals surface area contributed by atoms with E-state index in [1.807, 2.05) is 18.9 Å². The Balaban J connectivity index is 3.81. The highest BCUT2D eigenvalue weighted by atomic mass is 16.4. The summed E-state index contributed by atoms with van der Waals surface area (Å²) in [6.07, 6.45) is 4.30. The lowest BCUT2D eigenvalue weighted by Crippen LogP contribution is -2.38. The van der Waals surface area contributed by atoms with Crippen LogP contribution in [0.3, 0.4) is 0 Å². The summed E-state index contributed by atoms with van der Waals surface area (Å²) in [6.45, 7) is 3.01. The summed E-state index contributed by atoms with van der Waals surface area (Å²) in [4.78, 5) is 12.8. The first kappa shape index (κ1) is 14.4. The molecule has 0 radical (unpaired) electrons. The van der Waals surface area contributed by atoms with Gasteiger partial charge in [0.2, 0.25) is 0 Å². The van der Waals surface area contributed by atoms with Crippen molar-refractivity contribution in [3.63, 3.8) is 0 Å². The van der Waals surface area contributed by atoms with Crippen molar-refractivity contribution >= 4 is 5.97 Å². The fourth-order valence-electron chi connectivity index (χ4n) is 1.61. The molecule has 0 amide bonds. The summed E-state index contributed by atoms with van der Waals surface area (Å²) in [5.41, 5.74) is 0. The van der Waals surface area contributed by atoms with Gasteiger partial charge in [-0.3, -0.25) is 9.69 Å². The first-order valence-corrected chi connectivity index (χ1v) is 5.67. The average molecular weight is 217 g/mol. The van der Waals surface area contributed by atoms with Crippen LogP contribution in [0.5, 0.6) is 0 Å². The van der Waals surface area contributed by atoms with Gasteiger partial charge in [-0.15, -0.1) is 0 Å². The van der Waals surface area contributed by atoms with Crippen LogP contribution in [0.15, 0.2) is 0 Å². The van der Waals surface area contributed by atoms with E-state index in [0.29, 0.717) is 6.42 Å². The van der Waals surface area contributed by atoms with E-state index in [9.17, 15) is 4.79 Å². The molecule has 90 valence electrons. The standard InChI is InChI=1S/C11H23NO3/c1-3-7-10(11(14)15)12(2)8-5-4-6-9-13/h10,13H,3-9H2,1-2H3,(H,14,15). The number of nitrogens with zero attached hydrogens (tertiary/aromatic N) is 1. The van der Waals surface area contributed by atoms with Crippen molar-refractivity contribution < 1.29 is 15.0 Å². The van der Waals surface area contributed by atoms with E-state index in [0.717, 1.165) is 32.2 Å². The molecule has 1 atom stereocenters. The molecule has 4 heteroatoms. The van der Waals surface area contributed by atoms with Crippen LogP contribution in [0.1, 0.15) is 39.0 Å². The summed E-state index contributed by atoms with van der Waals surface area (Å²) in [6, 6.07) is -0.357. The van der Waals surface area contributed by atoms with Crippen LogP contribution in [0.4, 0.5) is 0 Å². The molecular formula is C11H23NO3. The van der Waals surface area contributed by atoms with Crippen molar-refractivity contribution in [2.75, 3.05) is 20.2 Å². The van der Waals surface area contributed by atoms with Crippen molar-refractivity contribution in [1.82, 2.24) is 4.90 Å². The number of aliphatic carboxylic acids is 1. The first-order chi connectivity index (χ1) is 7.13. The molecule has 15 heavy (non-hydrogen) atoms. The van der Waals surface area contributed by atoms with Crippen LogP contribution in [0.2, 0.25) is 0 Å². The van der Waals surface area contributed by atoms with Gasteiger partial charge < -0.3 is 10.2 Å². The molecule has 0 bridgehead atoms. The highest BCUT2D eigenvalue weighted by Crippen LogP contribution is 2.07. The topological polar surface area (TPSA) is 60.8 Å². The summed E-state index contributed by atoms with van der Waals surface area (Å²) < 4.78 is 0. The Morgan fingerprint density at radius 2 is 2.00 bits per heavy atom. The lowest BCUT2D eigenvalue weighted by molar-refractivity contribution is -0.143. The van der Waals surface area contributed by atoms with Gasteiger partial charge in [0.15, 0.2) is 0 Å². The third-order valence-electron chi connectivity index (χ3n) is 2.55. The molecule has 0 fully saturated rings. The van der Waals surface area contributed by atoms with Gasteiger partial charge in [-0.1, -0.05) is 13.3 Å². The Kier molecular flexibility index (Phi) is 8.33. The zero-order valence-electron chi connectivity index (χ0n) is 9.78. The molecule has 0 saturated carbocycles. The van der Waals surface area contributed by atoms with Crippen molar-refractivity contribution in [2.24, 2.45) is 0 Å². The number of aliphatic hydroxyl groups excluding tert-OH is 1. The maximum atomic E-state index is 10.9. The van der Waals surface area contributed by atoms with Gasteiger partial charge in [0.05, 0.1) is 0 Å². The minimum absolute atomic E-state index is 0.223. The molecule has 0 aliphatic heterocycles. The molecule has 0 spiro atoms. The second-order valence-electron chi connectivity index (χ2n) is 3.91. The third kappa shape index (κ3) is 6.47. The molecule has 0 saturated heterocycles. The smallest absolute Gasteiger partial charge is 0.320 e. The zero-order valence-corrected chi connectivity index (χ0v) is 9.78. The molecule has 0 aromatic carbocycles. The van der Waals surface area contributed by atoms with E-state index in [1.165, 1.54) is 0 Å². The Labute approximate surface area is 91.9 Å². The molecule has 0 aliphatic carbocycles. The van der Waals surface area contributed by atoms with Gasteiger partial charge >= 0.3 is 5.97 Å². The van der Waals surface area contributed by atoms with E-state index >= 15 is 0 Å². The van der Waals surface area contributed by atoms with Crippen molar-refractivity contribution in [3.05, 3.63) is 0 Å². The number of carbonyl (C=O) groups is 1. The lowest BCUT2D eigenvalue weighted by atomic mass is 10.1. The number of likely N-dealkylation sites (N-methyl/N-ethyl adjacent to an activating group) is 1. The van der Waals surface area contributed by atoms with Crippen LogP contribution < -0.4 is 0 Å². The van der Waals surface area contributed by atoms with Crippen LogP contribution in [-0.2, 0) is 4.79 Å². The van der Waals surface area contributed by atoms with Crippen LogP contribution in [0.25, 0.3) is 0 Å². The Hall–Kier alpha value is -0.610. The summed E-state index contributed by atoms with van der Waals surface area (Å²) in [7, 11) is 1.85. The number of unbranched alkanes of at least 4 members (excludes halogenated alkanes) is 2. The predicted molar refractivity (Wildman–Crippen MR) is 59.9 cm³/mol. The van der Waals surface area contributed by atoms with E-state index in [4.69, 9.17) is 10.2 Å². The van der Waals surface area contributed by atoms with Gasteiger partial charge in [-0.2, -0.15) is 0 Å². The van der Waals surface area contributed by atoms with E-state index in [1.54, 1.807) is 0 Å². The maximum absolute atomic E-state index is 10.9. The van der Waals surface area contributed by atoms with Crippen molar-refractivity contribution in [3.8, 4) is 0 Å². The predicted octanol–water partition coefficient (Wildman–Crippen LogP) is 1.33. The van der Waals surface area contributed by atoms with E-state index in [2.05, 4.69) is 0 Å². The molecule has 2 N–H and O–H groups in total. The number of carboxylic acids is 1. The first-order valence-electron chi connectivity index (χ1n) is 5.67. The normalized spacial score (nSPS) is 13.1. The van der Waals surface area contributed by atoms with Crippen LogP contribution >= 0.6 is 0 Å². The second kappa shape index (κ2) is 8.68. The van der Waals surface area contributed by atoms with Gasteiger partial charge in [-0.25, -0.2) is 0 Å². The Morgan fingerprint density at radius 1 is 1.33 bits per heavy atom. The fraction of sp³-hybridized carbons (Fsp3) is 0.909.